The number of hydrogen-bond acceptors (Lipinski definition) is 5. The highest BCUT2D eigenvalue weighted by Gasteiger charge is 2.11. The summed E-state index contributed by atoms with van der Waals surface area (Å²) in [6.45, 7) is 7.59. The Morgan fingerprint density at radius 3 is 2.34 bits per heavy atom. The van der Waals surface area contributed by atoms with Crippen LogP contribution in [-0.2, 0) is 6.42 Å². The molecule has 1 aliphatic heterocycles. The predicted molar refractivity (Wildman–Crippen MR) is 118 cm³/mol. The van der Waals surface area contributed by atoms with Crippen molar-refractivity contribution >= 4 is 11.6 Å². The number of nitrogens with zero attached hydrogens (tertiary/aromatic N) is 4. The summed E-state index contributed by atoms with van der Waals surface area (Å²) in [5.74, 6) is 0.587. The van der Waals surface area contributed by atoms with Crippen molar-refractivity contribution in [2.45, 2.75) is 33.1 Å². The highest BCUT2D eigenvalue weighted by atomic mass is 15.1. The number of pyridine rings is 1. The van der Waals surface area contributed by atoms with Crippen molar-refractivity contribution in [3.05, 3.63) is 72.2 Å². The number of hydrogen-bond donors (Lipinski definition) is 1. The summed E-state index contributed by atoms with van der Waals surface area (Å²) in [6, 6.07) is 10.6. The lowest BCUT2D eigenvalue weighted by Crippen LogP contribution is -2.31. The van der Waals surface area contributed by atoms with Gasteiger partial charge in [-0.05, 0) is 69.8 Å². The zero-order valence-corrected chi connectivity index (χ0v) is 17.2. The number of likely N-dealkylation sites (tertiary alicyclic amines) is 1. The molecule has 29 heavy (non-hydrogen) atoms. The van der Waals surface area contributed by atoms with Crippen LogP contribution in [0.4, 0.5) is 11.6 Å². The van der Waals surface area contributed by atoms with Crippen molar-refractivity contribution in [3.63, 3.8) is 0 Å². The lowest BCUT2D eigenvalue weighted by molar-refractivity contribution is 0.257. The Balaban J connectivity index is 1.41. The maximum absolute atomic E-state index is 4.57. The van der Waals surface area contributed by atoms with E-state index in [4.69, 9.17) is 0 Å². The Morgan fingerprint density at radius 1 is 0.897 bits per heavy atom. The molecule has 5 heteroatoms. The summed E-state index contributed by atoms with van der Waals surface area (Å²) in [7, 11) is 0. The molecule has 1 fully saturated rings. The van der Waals surface area contributed by atoms with Crippen LogP contribution in [0.5, 0.6) is 0 Å². The van der Waals surface area contributed by atoms with Gasteiger partial charge in [0.15, 0.2) is 0 Å². The molecule has 5 nitrogen and oxygen atoms in total. The van der Waals surface area contributed by atoms with Crippen LogP contribution >= 0.6 is 0 Å². The van der Waals surface area contributed by atoms with E-state index < -0.39 is 0 Å². The van der Waals surface area contributed by atoms with E-state index in [1.54, 1.807) is 0 Å². The van der Waals surface area contributed by atoms with E-state index in [2.05, 4.69) is 75.8 Å². The molecule has 0 saturated carbocycles. The summed E-state index contributed by atoms with van der Waals surface area (Å²) in [6.07, 6.45) is 11.4. The molecule has 1 saturated heterocycles. The zero-order valence-electron chi connectivity index (χ0n) is 17.2. The number of rotatable bonds is 6. The summed E-state index contributed by atoms with van der Waals surface area (Å²) < 4.78 is 0. The zero-order chi connectivity index (χ0) is 20.1. The van der Waals surface area contributed by atoms with Crippen LogP contribution in [-0.4, -0.2) is 39.5 Å². The number of benzene rings is 1. The molecule has 0 amide bonds. The SMILES string of the molecule is Cc1ccc(-c2cnc(Nc3cnc(C)c(CCN4CC[CH]CC4)c3)nc2)cc1. The Bertz CT molecular complexity index is 928. The Hall–Kier alpha value is -2.79. The average molecular weight is 387 g/mol. The summed E-state index contributed by atoms with van der Waals surface area (Å²) >= 11 is 0. The van der Waals surface area contributed by atoms with Gasteiger partial charge in [-0.2, -0.15) is 0 Å². The number of aromatic nitrogens is 3. The van der Waals surface area contributed by atoms with Gasteiger partial charge < -0.3 is 10.2 Å². The van der Waals surface area contributed by atoms with E-state index >= 15 is 0 Å². The van der Waals surface area contributed by atoms with Gasteiger partial charge in [0.1, 0.15) is 0 Å². The fourth-order valence-electron chi connectivity index (χ4n) is 3.62. The smallest absolute Gasteiger partial charge is 0.227 e. The molecule has 0 atom stereocenters. The van der Waals surface area contributed by atoms with Crippen LogP contribution in [0.15, 0.2) is 48.9 Å². The maximum atomic E-state index is 4.57. The van der Waals surface area contributed by atoms with Gasteiger partial charge in [0.25, 0.3) is 0 Å². The van der Waals surface area contributed by atoms with Crippen molar-refractivity contribution in [2.24, 2.45) is 0 Å². The van der Waals surface area contributed by atoms with Crippen LogP contribution in [0, 0.1) is 20.3 Å². The van der Waals surface area contributed by atoms with Crippen LogP contribution in [0.25, 0.3) is 11.1 Å². The first-order valence-corrected chi connectivity index (χ1v) is 10.3. The molecule has 0 unspecified atom stereocenters. The number of piperidine rings is 1. The summed E-state index contributed by atoms with van der Waals surface area (Å²) in [4.78, 5) is 16.1. The molecule has 0 bridgehead atoms. The van der Waals surface area contributed by atoms with E-state index in [1.807, 2.05) is 18.6 Å². The van der Waals surface area contributed by atoms with Crippen LogP contribution in [0.1, 0.15) is 29.7 Å². The van der Waals surface area contributed by atoms with Gasteiger partial charge in [0.2, 0.25) is 5.95 Å². The molecule has 1 aliphatic rings. The maximum Gasteiger partial charge on any atom is 0.227 e. The molecule has 1 aromatic carbocycles. The Kier molecular flexibility index (Phi) is 6.15. The van der Waals surface area contributed by atoms with E-state index in [0.29, 0.717) is 5.95 Å². The van der Waals surface area contributed by atoms with Gasteiger partial charge in [0.05, 0.1) is 11.9 Å². The lowest BCUT2D eigenvalue weighted by Gasteiger charge is -2.26. The van der Waals surface area contributed by atoms with Gasteiger partial charge in [-0.1, -0.05) is 29.8 Å². The van der Waals surface area contributed by atoms with Crippen molar-refractivity contribution in [2.75, 3.05) is 25.0 Å². The van der Waals surface area contributed by atoms with E-state index in [1.165, 1.54) is 37.1 Å². The predicted octanol–water partition coefficient (Wildman–Crippen LogP) is 4.74. The molecular formula is C24H28N5. The molecule has 2 aromatic heterocycles. The first-order valence-electron chi connectivity index (χ1n) is 10.3. The van der Waals surface area contributed by atoms with Crippen LogP contribution in [0.3, 0.4) is 0 Å². The minimum atomic E-state index is 0.587. The van der Waals surface area contributed by atoms with E-state index in [-0.39, 0.29) is 0 Å². The highest BCUT2D eigenvalue weighted by Crippen LogP contribution is 2.21. The van der Waals surface area contributed by atoms with Crippen molar-refractivity contribution < 1.29 is 0 Å². The monoisotopic (exact) mass is 386 g/mol. The molecule has 1 N–H and O–H groups in total. The second-order valence-electron chi connectivity index (χ2n) is 7.71. The fraction of sp³-hybridized carbons (Fsp3) is 0.333. The first-order chi connectivity index (χ1) is 14.2. The molecule has 149 valence electrons. The average Bonchev–Trinajstić information content (AvgIpc) is 2.76. The molecule has 0 aliphatic carbocycles. The molecule has 3 aromatic rings. The quantitative estimate of drug-likeness (QED) is 0.663. The van der Waals surface area contributed by atoms with Crippen LogP contribution in [0.2, 0.25) is 0 Å². The molecule has 1 radical (unpaired) electrons. The van der Waals surface area contributed by atoms with Crippen molar-refractivity contribution in [3.8, 4) is 11.1 Å². The number of anilines is 2. The fourth-order valence-corrected chi connectivity index (χ4v) is 3.62. The van der Waals surface area contributed by atoms with Gasteiger partial charge in [-0.15, -0.1) is 0 Å². The minimum absolute atomic E-state index is 0.587. The first kappa shape index (κ1) is 19.5. The summed E-state index contributed by atoms with van der Waals surface area (Å²) in [5.41, 5.74) is 6.68. The van der Waals surface area contributed by atoms with Gasteiger partial charge in [-0.25, -0.2) is 9.97 Å². The van der Waals surface area contributed by atoms with Gasteiger partial charge in [0, 0.05) is 30.2 Å². The number of nitrogens with one attached hydrogen (secondary N) is 1. The second-order valence-corrected chi connectivity index (χ2v) is 7.71. The standard InChI is InChI=1S/C24H28N5/c1-18-6-8-20(9-7-18)22-15-26-24(27-16-22)28-23-14-21(19(2)25-17-23)10-13-29-11-4-3-5-12-29/h3,6-9,14-17H,4-5,10-13H2,1-2H3,(H,26,27,28). The third-order valence-corrected chi connectivity index (χ3v) is 5.48. The van der Waals surface area contributed by atoms with E-state index in [0.717, 1.165) is 35.5 Å². The molecule has 3 heterocycles. The Labute approximate surface area is 173 Å². The van der Waals surface area contributed by atoms with Crippen LogP contribution < -0.4 is 5.32 Å². The highest BCUT2D eigenvalue weighted by molar-refractivity contribution is 5.63. The van der Waals surface area contributed by atoms with Crippen molar-refractivity contribution in [1.29, 1.82) is 0 Å². The largest absolute Gasteiger partial charge is 0.323 e. The molecule has 4 rings (SSSR count). The van der Waals surface area contributed by atoms with Gasteiger partial charge >= 0.3 is 0 Å². The molecule has 0 spiro atoms. The normalized spacial score (nSPS) is 14.7. The Morgan fingerprint density at radius 2 is 1.62 bits per heavy atom. The lowest BCUT2D eigenvalue weighted by atomic mass is 10.1. The minimum Gasteiger partial charge on any atom is -0.323 e. The topological polar surface area (TPSA) is 53.9 Å². The number of aryl methyl sites for hydroxylation is 2. The second kappa shape index (κ2) is 9.14. The molecular weight excluding hydrogens is 358 g/mol. The summed E-state index contributed by atoms with van der Waals surface area (Å²) in [5, 5.41) is 3.29. The van der Waals surface area contributed by atoms with Gasteiger partial charge in [-0.3, -0.25) is 4.98 Å². The van der Waals surface area contributed by atoms with Crippen molar-refractivity contribution in [1.82, 2.24) is 19.9 Å². The third kappa shape index (κ3) is 5.18. The van der Waals surface area contributed by atoms with E-state index in [9.17, 15) is 0 Å². The third-order valence-electron chi connectivity index (χ3n) is 5.48.